The first-order valence-electron chi connectivity index (χ1n) is 3.50. The van der Waals surface area contributed by atoms with Gasteiger partial charge in [0.25, 0.3) is 0 Å². The van der Waals surface area contributed by atoms with Crippen molar-refractivity contribution in [3.8, 4) is 6.01 Å². The molecule has 0 saturated heterocycles. The van der Waals surface area contributed by atoms with Crippen LogP contribution in [0, 0.1) is 0 Å². The average Bonchev–Trinajstić information content (AvgIpc) is 2.71. The van der Waals surface area contributed by atoms with Crippen molar-refractivity contribution in [2.45, 2.75) is 5.88 Å². The first-order chi connectivity index (χ1) is 6.29. The van der Waals surface area contributed by atoms with E-state index in [-0.39, 0.29) is 0 Å². The second kappa shape index (κ2) is 3.51. The molecule has 0 bridgehead atoms. The van der Waals surface area contributed by atoms with Gasteiger partial charge in [0, 0.05) is 6.20 Å². The molecule has 2 heterocycles. The van der Waals surface area contributed by atoms with Crippen molar-refractivity contribution in [3.05, 3.63) is 28.8 Å². The number of halogens is 2. The maximum Gasteiger partial charge on any atom is 0.322 e. The van der Waals surface area contributed by atoms with Crippen LogP contribution in [0.1, 0.15) is 5.69 Å². The van der Waals surface area contributed by atoms with E-state index in [1.54, 1.807) is 12.4 Å². The number of aromatic nitrogens is 3. The van der Waals surface area contributed by atoms with E-state index in [1.165, 1.54) is 10.9 Å². The van der Waals surface area contributed by atoms with Crippen LogP contribution in [-0.2, 0) is 5.88 Å². The smallest absolute Gasteiger partial charge is 0.322 e. The van der Waals surface area contributed by atoms with Gasteiger partial charge < -0.3 is 4.42 Å². The zero-order valence-corrected chi connectivity index (χ0v) is 8.79. The van der Waals surface area contributed by atoms with E-state index in [4.69, 9.17) is 16.0 Å². The van der Waals surface area contributed by atoms with Crippen LogP contribution in [-0.4, -0.2) is 14.8 Å². The van der Waals surface area contributed by atoms with Crippen molar-refractivity contribution in [1.29, 1.82) is 0 Å². The zero-order valence-electron chi connectivity index (χ0n) is 6.44. The lowest BCUT2D eigenvalue weighted by molar-refractivity contribution is 0.509. The molecule has 0 aromatic carbocycles. The number of oxazole rings is 1. The van der Waals surface area contributed by atoms with Gasteiger partial charge in [0.1, 0.15) is 6.26 Å². The van der Waals surface area contributed by atoms with Gasteiger partial charge in [-0.05, 0) is 15.9 Å². The first kappa shape index (κ1) is 8.77. The lowest BCUT2D eigenvalue weighted by atomic mass is 10.6. The SMILES string of the molecule is ClCc1coc(-n2cc(Br)cn2)n1. The Bertz CT molecular complexity index is 411. The van der Waals surface area contributed by atoms with Gasteiger partial charge in [-0.15, -0.1) is 11.6 Å². The van der Waals surface area contributed by atoms with E-state index >= 15 is 0 Å². The van der Waals surface area contributed by atoms with Crippen LogP contribution in [0.3, 0.4) is 0 Å². The van der Waals surface area contributed by atoms with E-state index in [0.717, 1.165) is 4.47 Å². The molecule has 0 saturated carbocycles. The highest BCUT2D eigenvalue weighted by Crippen LogP contribution is 2.12. The van der Waals surface area contributed by atoms with Gasteiger partial charge in [0.2, 0.25) is 0 Å². The summed E-state index contributed by atoms with van der Waals surface area (Å²) in [4.78, 5) is 4.09. The Morgan fingerprint density at radius 1 is 1.62 bits per heavy atom. The molecule has 0 aliphatic heterocycles. The second-order valence-corrected chi connectivity index (χ2v) is 3.54. The van der Waals surface area contributed by atoms with Crippen LogP contribution in [0.25, 0.3) is 6.01 Å². The molecule has 0 atom stereocenters. The number of alkyl halides is 1. The number of hydrogen-bond donors (Lipinski definition) is 0. The summed E-state index contributed by atoms with van der Waals surface area (Å²) in [6.45, 7) is 0. The van der Waals surface area contributed by atoms with E-state index in [1.807, 2.05) is 0 Å². The van der Waals surface area contributed by atoms with Gasteiger partial charge in [-0.3, -0.25) is 0 Å². The molecule has 0 fully saturated rings. The van der Waals surface area contributed by atoms with Crippen molar-refractivity contribution in [2.75, 3.05) is 0 Å². The minimum absolute atomic E-state index is 0.339. The summed E-state index contributed by atoms with van der Waals surface area (Å²) in [5.41, 5.74) is 0.697. The maximum absolute atomic E-state index is 5.57. The van der Waals surface area contributed by atoms with Crippen LogP contribution >= 0.6 is 27.5 Å². The van der Waals surface area contributed by atoms with E-state index in [0.29, 0.717) is 17.6 Å². The molecular formula is C7H5BrClN3O. The minimum atomic E-state index is 0.339. The monoisotopic (exact) mass is 261 g/mol. The lowest BCUT2D eigenvalue weighted by Gasteiger charge is -1.89. The first-order valence-corrected chi connectivity index (χ1v) is 4.83. The molecule has 13 heavy (non-hydrogen) atoms. The molecule has 2 aromatic rings. The molecule has 0 radical (unpaired) electrons. The molecule has 0 aliphatic carbocycles. The van der Waals surface area contributed by atoms with Crippen molar-refractivity contribution in [2.24, 2.45) is 0 Å². The fraction of sp³-hybridized carbons (Fsp3) is 0.143. The molecule has 0 amide bonds. The molecule has 0 N–H and O–H groups in total. The summed E-state index contributed by atoms with van der Waals surface area (Å²) in [5, 5.41) is 4.00. The van der Waals surface area contributed by atoms with Crippen LogP contribution < -0.4 is 0 Å². The largest absolute Gasteiger partial charge is 0.430 e. The summed E-state index contributed by atoms with van der Waals surface area (Å²) >= 11 is 8.85. The summed E-state index contributed by atoms with van der Waals surface area (Å²) in [6.07, 6.45) is 4.92. The Morgan fingerprint density at radius 2 is 2.46 bits per heavy atom. The minimum Gasteiger partial charge on any atom is -0.430 e. The number of hydrogen-bond acceptors (Lipinski definition) is 3. The highest BCUT2D eigenvalue weighted by atomic mass is 79.9. The standard InChI is InChI=1S/C7H5BrClN3O/c8-5-2-10-12(3-5)7-11-6(1-9)4-13-7/h2-4H,1H2. The van der Waals surface area contributed by atoms with Crippen LogP contribution in [0.5, 0.6) is 0 Å². The van der Waals surface area contributed by atoms with Crippen molar-refractivity contribution < 1.29 is 4.42 Å². The highest BCUT2D eigenvalue weighted by Gasteiger charge is 2.05. The quantitative estimate of drug-likeness (QED) is 0.780. The molecule has 0 spiro atoms. The average molecular weight is 262 g/mol. The summed E-state index contributed by atoms with van der Waals surface area (Å²) in [5.74, 6) is 0.339. The Morgan fingerprint density at radius 3 is 3.00 bits per heavy atom. The van der Waals surface area contributed by atoms with E-state index in [9.17, 15) is 0 Å². The molecule has 4 nitrogen and oxygen atoms in total. The van der Waals surface area contributed by atoms with E-state index in [2.05, 4.69) is 26.0 Å². The van der Waals surface area contributed by atoms with Crippen molar-refractivity contribution in [3.63, 3.8) is 0 Å². The third-order valence-corrected chi connectivity index (χ3v) is 2.11. The molecule has 6 heteroatoms. The third-order valence-electron chi connectivity index (χ3n) is 1.42. The fourth-order valence-corrected chi connectivity index (χ4v) is 1.28. The molecule has 0 unspecified atom stereocenters. The molecule has 0 aliphatic rings. The normalized spacial score (nSPS) is 10.6. The van der Waals surface area contributed by atoms with Crippen LogP contribution in [0.15, 0.2) is 27.5 Å². The van der Waals surface area contributed by atoms with Crippen LogP contribution in [0.4, 0.5) is 0 Å². The Kier molecular flexibility index (Phi) is 2.37. The van der Waals surface area contributed by atoms with Gasteiger partial charge in [0.05, 0.1) is 22.2 Å². The summed E-state index contributed by atoms with van der Waals surface area (Å²) < 4.78 is 7.54. The van der Waals surface area contributed by atoms with Gasteiger partial charge >= 0.3 is 6.01 Å². The topological polar surface area (TPSA) is 43.9 Å². The Balaban J connectivity index is 2.35. The van der Waals surface area contributed by atoms with Gasteiger partial charge in [0.15, 0.2) is 0 Å². The van der Waals surface area contributed by atoms with Gasteiger partial charge in [-0.2, -0.15) is 14.8 Å². The molecule has 2 rings (SSSR count). The summed E-state index contributed by atoms with van der Waals surface area (Å²) in [7, 11) is 0. The van der Waals surface area contributed by atoms with Gasteiger partial charge in [-0.1, -0.05) is 0 Å². The molecule has 2 aromatic heterocycles. The van der Waals surface area contributed by atoms with Crippen LogP contribution in [0.2, 0.25) is 0 Å². The van der Waals surface area contributed by atoms with Crippen molar-refractivity contribution in [1.82, 2.24) is 14.8 Å². The van der Waals surface area contributed by atoms with Crippen molar-refractivity contribution >= 4 is 27.5 Å². The molecular weight excluding hydrogens is 257 g/mol. The Hall–Kier alpha value is -0.810. The number of nitrogens with zero attached hydrogens (tertiary/aromatic N) is 3. The fourth-order valence-electron chi connectivity index (χ4n) is 0.868. The zero-order chi connectivity index (χ0) is 9.26. The maximum atomic E-state index is 5.57. The summed E-state index contributed by atoms with van der Waals surface area (Å²) in [6, 6.07) is 0.418. The number of rotatable bonds is 2. The predicted octanol–water partition coefficient (Wildman–Crippen LogP) is 2.36. The highest BCUT2D eigenvalue weighted by molar-refractivity contribution is 9.10. The van der Waals surface area contributed by atoms with Gasteiger partial charge in [-0.25, -0.2) is 0 Å². The third kappa shape index (κ3) is 1.76. The lowest BCUT2D eigenvalue weighted by Crippen LogP contribution is -1.94. The van der Waals surface area contributed by atoms with E-state index < -0.39 is 0 Å². The second-order valence-electron chi connectivity index (χ2n) is 2.36. The molecule has 68 valence electrons. The Labute approximate surface area is 87.6 Å². The predicted molar refractivity (Wildman–Crippen MR) is 50.9 cm³/mol.